The summed E-state index contributed by atoms with van der Waals surface area (Å²) in [5.41, 5.74) is 0.348. The Kier molecular flexibility index (Phi) is 7.52. The van der Waals surface area contributed by atoms with E-state index in [-0.39, 0.29) is 16.8 Å². The summed E-state index contributed by atoms with van der Waals surface area (Å²) in [5, 5.41) is 2.95. The summed E-state index contributed by atoms with van der Waals surface area (Å²) >= 11 is 7.72. The van der Waals surface area contributed by atoms with Gasteiger partial charge in [0.1, 0.15) is 5.82 Å². The van der Waals surface area contributed by atoms with E-state index in [0.717, 1.165) is 18.0 Å². The Bertz CT molecular complexity index is 869. The number of nitrogens with zero attached hydrogens (tertiary/aromatic N) is 2. The van der Waals surface area contributed by atoms with Gasteiger partial charge in [0.05, 0.1) is 10.6 Å². The Hall–Kier alpha value is -1.93. The first-order valence-electron chi connectivity index (χ1n) is 9.69. The molecule has 0 bridgehead atoms. The number of carbonyl (C=O) groups excluding carboxylic acids is 1. The van der Waals surface area contributed by atoms with E-state index in [0.29, 0.717) is 38.3 Å². The number of anilines is 1. The number of pyridine rings is 1. The van der Waals surface area contributed by atoms with E-state index in [1.807, 2.05) is 11.8 Å². The highest BCUT2D eigenvalue weighted by Gasteiger charge is 2.33. The van der Waals surface area contributed by atoms with Crippen LogP contribution in [0.15, 0.2) is 41.4 Å². The Morgan fingerprint density at radius 1 is 1.27 bits per heavy atom. The van der Waals surface area contributed by atoms with Crippen molar-refractivity contribution in [3.63, 3.8) is 0 Å². The van der Waals surface area contributed by atoms with Crippen LogP contribution in [0.2, 0.25) is 5.02 Å². The molecule has 0 radical (unpaired) electrons. The zero-order valence-electron chi connectivity index (χ0n) is 16.5. The fraction of sp³-hybridized carbons (Fsp3) is 0.429. The zero-order chi connectivity index (χ0) is 21.7. The number of aromatic nitrogens is 1. The van der Waals surface area contributed by atoms with Crippen LogP contribution in [0, 0.1) is 12.8 Å². The monoisotopic (exact) mass is 457 g/mol. The van der Waals surface area contributed by atoms with Gasteiger partial charge in [0.15, 0.2) is 0 Å². The summed E-state index contributed by atoms with van der Waals surface area (Å²) in [6.45, 7) is 3.67. The number of benzene rings is 1. The molecule has 1 amide bonds. The first-order valence-corrected chi connectivity index (χ1v) is 11.1. The molecule has 2 aromatic rings. The SMILES string of the molecule is Cc1ccc(SCCNC(=O)C2CCN(c3ncc(C(F)(F)F)cc3Cl)CC2)cc1. The van der Waals surface area contributed by atoms with E-state index in [9.17, 15) is 18.0 Å². The third kappa shape index (κ3) is 6.04. The summed E-state index contributed by atoms with van der Waals surface area (Å²) in [7, 11) is 0. The average Bonchev–Trinajstić information content (AvgIpc) is 2.72. The third-order valence-electron chi connectivity index (χ3n) is 5.01. The molecule has 3 rings (SSSR count). The molecule has 2 heterocycles. The van der Waals surface area contributed by atoms with Gasteiger partial charge in [0.2, 0.25) is 5.91 Å². The molecule has 0 spiro atoms. The molecule has 1 N–H and O–H groups in total. The van der Waals surface area contributed by atoms with Crippen molar-refractivity contribution in [2.45, 2.75) is 30.8 Å². The van der Waals surface area contributed by atoms with Crippen molar-refractivity contribution in [2.75, 3.05) is 30.3 Å². The molecular weight excluding hydrogens is 435 g/mol. The molecule has 4 nitrogen and oxygen atoms in total. The van der Waals surface area contributed by atoms with Gasteiger partial charge in [-0.25, -0.2) is 4.98 Å². The number of carbonyl (C=O) groups is 1. The van der Waals surface area contributed by atoms with Crippen LogP contribution in [-0.2, 0) is 11.0 Å². The highest BCUT2D eigenvalue weighted by molar-refractivity contribution is 7.99. The van der Waals surface area contributed by atoms with Crippen molar-refractivity contribution in [1.82, 2.24) is 10.3 Å². The van der Waals surface area contributed by atoms with Gasteiger partial charge in [-0.3, -0.25) is 4.79 Å². The van der Waals surface area contributed by atoms with Gasteiger partial charge in [-0.1, -0.05) is 29.3 Å². The lowest BCUT2D eigenvalue weighted by molar-refractivity contribution is -0.137. The minimum absolute atomic E-state index is 0.0191. The average molecular weight is 458 g/mol. The van der Waals surface area contributed by atoms with Gasteiger partial charge in [-0.2, -0.15) is 13.2 Å². The van der Waals surface area contributed by atoms with Gasteiger partial charge < -0.3 is 10.2 Å². The van der Waals surface area contributed by atoms with Crippen LogP contribution in [0.1, 0.15) is 24.0 Å². The van der Waals surface area contributed by atoms with Gasteiger partial charge >= 0.3 is 6.18 Å². The van der Waals surface area contributed by atoms with E-state index < -0.39 is 11.7 Å². The summed E-state index contributed by atoms with van der Waals surface area (Å²) in [6.07, 6.45) is -2.46. The Morgan fingerprint density at radius 2 is 1.93 bits per heavy atom. The lowest BCUT2D eigenvalue weighted by Gasteiger charge is -2.32. The molecule has 0 unspecified atom stereocenters. The van der Waals surface area contributed by atoms with Crippen LogP contribution in [0.4, 0.5) is 19.0 Å². The van der Waals surface area contributed by atoms with Crippen molar-refractivity contribution < 1.29 is 18.0 Å². The second-order valence-corrected chi connectivity index (χ2v) is 8.82. The van der Waals surface area contributed by atoms with E-state index in [1.54, 1.807) is 11.8 Å². The molecular formula is C21H23ClF3N3OS. The molecule has 1 saturated heterocycles. The van der Waals surface area contributed by atoms with E-state index in [4.69, 9.17) is 11.6 Å². The molecule has 30 heavy (non-hydrogen) atoms. The molecule has 0 atom stereocenters. The maximum atomic E-state index is 12.8. The van der Waals surface area contributed by atoms with Crippen molar-refractivity contribution in [3.8, 4) is 0 Å². The molecule has 1 aromatic heterocycles. The maximum Gasteiger partial charge on any atom is 0.417 e. The van der Waals surface area contributed by atoms with Gasteiger partial charge in [0, 0.05) is 42.4 Å². The van der Waals surface area contributed by atoms with Crippen LogP contribution in [0.3, 0.4) is 0 Å². The van der Waals surface area contributed by atoms with E-state index in [2.05, 4.69) is 34.6 Å². The van der Waals surface area contributed by atoms with Gasteiger partial charge in [0.25, 0.3) is 0 Å². The highest BCUT2D eigenvalue weighted by Crippen LogP contribution is 2.34. The van der Waals surface area contributed by atoms with Crippen LogP contribution >= 0.6 is 23.4 Å². The largest absolute Gasteiger partial charge is 0.417 e. The van der Waals surface area contributed by atoms with E-state index in [1.165, 1.54) is 10.5 Å². The normalized spacial score (nSPS) is 15.3. The van der Waals surface area contributed by atoms with Crippen LogP contribution in [0.5, 0.6) is 0 Å². The molecule has 0 aliphatic carbocycles. The minimum atomic E-state index is -4.47. The smallest absolute Gasteiger partial charge is 0.355 e. The summed E-state index contributed by atoms with van der Waals surface area (Å²) in [6, 6.07) is 9.16. The lowest BCUT2D eigenvalue weighted by atomic mass is 9.96. The lowest BCUT2D eigenvalue weighted by Crippen LogP contribution is -2.41. The number of nitrogens with one attached hydrogen (secondary N) is 1. The quantitative estimate of drug-likeness (QED) is 0.479. The number of halogens is 4. The minimum Gasteiger partial charge on any atom is -0.355 e. The highest BCUT2D eigenvalue weighted by atomic mass is 35.5. The predicted molar refractivity (Wildman–Crippen MR) is 114 cm³/mol. The fourth-order valence-corrected chi connectivity index (χ4v) is 4.35. The third-order valence-corrected chi connectivity index (χ3v) is 6.30. The Morgan fingerprint density at radius 3 is 2.53 bits per heavy atom. The number of thioether (sulfide) groups is 1. The second-order valence-electron chi connectivity index (χ2n) is 7.24. The van der Waals surface area contributed by atoms with Crippen molar-refractivity contribution in [1.29, 1.82) is 0 Å². The number of piperidine rings is 1. The molecule has 162 valence electrons. The summed E-state index contributed by atoms with van der Waals surface area (Å²) < 4.78 is 38.3. The molecule has 9 heteroatoms. The maximum absolute atomic E-state index is 12.8. The van der Waals surface area contributed by atoms with Crippen LogP contribution in [-0.4, -0.2) is 36.3 Å². The summed E-state index contributed by atoms with van der Waals surface area (Å²) in [5.74, 6) is 1.03. The second kappa shape index (κ2) is 9.92. The predicted octanol–water partition coefficient (Wildman–Crippen LogP) is 5.19. The van der Waals surface area contributed by atoms with Crippen molar-refractivity contribution in [2.24, 2.45) is 5.92 Å². The number of hydrogen-bond acceptors (Lipinski definition) is 4. The molecule has 1 fully saturated rings. The molecule has 1 aromatic carbocycles. The van der Waals surface area contributed by atoms with Gasteiger partial charge in [-0.05, 0) is 38.0 Å². The summed E-state index contributed by atoms with van der Waals surface area (Å²) in [4.78, 5) is 19.3. The van der Waals surface area contributed by atoms with Crippen molar-refractivity contribution >= 4 is 35.1 Å². The Balaban J connectivity index is 1.43. The molecule has 0 saturated carbocycles. The topological polar surface area (TPSA) is 45.2 Å². The zero-order valence-corrected chi connectivity index (χ0v) is 18.1. The number of aryl methyl sites for hydroxylation is 1. The Labute approximate surface area is 183 Å². The fourth-order valence-electron chi connectivity index (χ4n) is 3.29. The van der Waals surface area contributed by atoms with Crippen molar-refractivity contribution in [3.05, 3.63) is 52.7 Å². The number of alkyl halides is 3. The number of rotatable bonds is 6. The number of amides is 1. The first-order chi connectivity index (χ1) is 14.2. The standard InChI is InChI=1S/C21H23ClF3N3OS/c1-14-2-4-17(5-3-14)30-11-8-26-20(29)15-6-9-28(10-7-15)19-18(22)12-16(13-27-19)21(23,24)25/h2-5,12-13,15H,6-11H2,1H3,(H,26,29). The first kappa shape index (κ1) is 22.7. The molecule has 1 aliphatic heterocycles. The van der Waals surface area contributed by atoms with Crippen LogP contribution in [0.25, 0.3) is 0 Å². The van der Waals surface area contributed by atoms with Crippen LogP contribution < -0.4 is 10.2 Å². The van der Waals surface area contributed by atoms with Gasteiger partial charge in [-0.15, -0.1) is 11.8 Å². The van der Waals surface area contributed by atoms with E-state index >= 15 is 0 Å². The number of hydrogen-bond donors (Lipinski definition) is 1. The molecule has 1 aliphatic rings.